The molecule has 1 aromatic carbocycles. The zero-order chi connectivity index (χ0) is 13.6. The number of likely N-dealkylation sites (N-methyl/N-ethyl adjacent to an activating group) is 1. The monoisotopic (exact) mass is 258 g/mol. The number of benzene rings is 1. The van der Waals surface area contributed by atoms with E-state index in [-0.39, 0.29) is 5.54 Å². The van der Waals surface area contributed by atoms with Crippen LogP contribution in [-0.4, -0.2) is 35.1 Å². The molecule has 2 aromatic rings. The van der Waals surface area contributed by atoms with Gasteiger partial charge in [-0.3, -0.25) is 0 Å². The van der Waals surface area contributed by atoms with Crippen molar-refractivity contribution in [3.8, 4) is 0 Å². The van der Waals surface area contributed by atoms with E-state index in [1.165, 1.54) is 12.1 Å². The Bertz CT molecular complexity index is 599. The van der Waals surface area contributed by atoms with Crippen LogP contribution >= 0.6 is 0 Å². The van der Waals surface area contributed by atoms with E-state index in [2.05, 4.69) is 59.3 Å². The Hall–Kier alpha value is -1.55. The summed E-state index contributed by atoms with van der Waals surface area (Å²) >= 11 is 0. The highest BCUT2D eigenvalue weighted by molar-refractivity contribution is 5.79. The van der Waals surface area contributed by atoms with Crippen LogP contribution in [0.25, 0.3) is 11.0 Å². The Morgan fingerprint density at radius 2 is 2.16 bits per heavy atom. The second-order valence-corrected chi connectivity index (χ2v) is 6.26. The van der Waals surface area contributed by atoms with Crippen LogP contribution in [0, 0.1) is 6.92 Å². The normalized spacial score (nSPS) is 22.0. The number of anilines is 1. The smallest absolute Gasteiger partial charge is 0.104 e. The van der Waals surface area contributed by atoms with Crippen molar-refractivity contribution in [2.24, 2.45) is 0 Å². The molecule has 1 aliphatic heterocycles. The molecule has 4 nitrogen and oxygen atoms in total. The maximum absolute atomic E-state index is 4.45. The average Bonchev–Trinajstić information content (AvgIpc) is 2.88. The Morgan fingerprint density at radius 1 is 1.37 bits per heavy atom. The lowest BCUT2D eigenvalue weighted by atomic mass is 10.0. The van der Waals surface area contributed by atoms with E-state index in [0.717, 1.165) is 23.4 Å². The summed E-state index contributed by atoms with van der Waals surface area (Å²) < 4.78 is 0. The highest BCUT2D eigenvalue weighted by Gasteiger charge is 2.32. The van der Waals surface area contributed by atoms with Gasteiger partial charge in [0, 0.05) is 30.9 Å². The van der Waals surface area contributed by atoms with Gasteiger partial charge in [-0.15, -0.1) is 0 Å². The van der Waals surface area contributed by atoms with Crippen LogP contribution in [0.1, 0.15) is 26.1 Å². The first-order chi connectivity index (χ1) is 8.94. The van der Waals surface area contributed by atoms with Crippen molar-refractivity contribution in [1.29, 1.82) is 0 Å². The molecule has 0 spiro atoms. The molecule has 2 N–H and O–H groups in total. The van der Waals surface area contributed by atoms with Gasteiger partial charge in [-0.2, -0.15) is 0 Å². The van der Waals surface area contributed by atoms with E-state index in [1.54, 1.807) is 0 Å². The molecule has 1 saturated heterocycles. The van der Waals surface area contributed by atoms with Crippen molar-refractivity contribution >= 4 is 16.7 Å². The van der Waals surface area contributed by atoms with Gasteiger partial charge in [-0.25, -0.2) is 4.98 Å². The second-order valence-electron chi connectivity index (χ2n) is 6.26. The van der Waals surface area contributed by atoms with E-state index in [4.69, 9.17) is 0 Å². The van der Waals surface area contributed by atoms with Crippen molar-refractivity contribution in [2.75, 3.05) is 18.5 Å². The summed E-state index contributed by atoms with van der Waals surface area (Å²) in [7, 11) is 2.18. The third kappa shape index (κ3) is 2.32. The molecule has 1 unspecified atom stereocenters. The fourth-order valence-corrected chi connectivity index (χ4v) is 2.96. The van der Waals surface area contributed by atoms with E-state index in [9.17, 15) is 0 Å². The summed E-state index contributed by atoms with van der Waals surface area (Å²) in [4.78, 5) is 10.1. The number of aromatic amines is 1. The maximum atomic E-state index is 4.45. The van der Waals surface area contributed by atoms with Gasteiger partial charge in [-0.1, -0.05) is 0 Å². The number of aromatic nitrogens is 2. The number of hydrogen-bond acceptors (Lipinski definition) is 3. The summed E-state index contributed by atoms with van der Waals surface area (Å²) in [6.07, 6.45) is 1.17. The molecule has 1 aliphatic rings. The third-order valence-corrected chi connectivity index (χ3v) is 4.10. The van der Waals surface area contributed by atoms with Crippen LogP contribution in [0.5, 0.6) is 0 Å². The molecule has 1 fully saturated rings. The minimum absolute atomic E-state index is 0.244. The first-order valence-electron chi connectivity index (χ1n) is 6.89. The number of rotatable bonds is 2. The van der Waals surface area contributed by atoms with Crippen LogP contribution in [0.2, 0.25) is 0 Å². The van der Waals surface area contributed by atoms with E-state index < -0.39 is 0 Å². The molecule has 0 amide bonds. The van der Waals surface area contributed by atoms with Gasteiger partial charge in [0.2, 0.25) is 0 Å². The molecule has 19 heavy (non-hydrogen) atoms. The van der Waals surface area contributed by atoms with Crippen LogP contribution in [-0.2, 0) is 0 Å². The Morgan fingerprint density at radius 3 is 2.84 bits per heavy atom. The molecule has 0 aliphatic carbocycles. The SMILES string of the molecule is Cc1nc2ccc(N(C)C3CNC(C)(C)C3)cc2[nH]1. The van der Waals surface area contributed by atoms with Gasteiger partial charge in [-0.05, 0) is 45.4 Å². The molecule has 1 atom stereocenters. The number of fused-ring (bicyclic) bond motifs is 1. The van der Waals surface area contributed by atoms with Crippen LogP contribution < -0.4 is 10.2 Å². The van der Waals surface area contributed by atoms with Crippen molar-refractivity contribution in [2.45, 2.75) is 38.8 Å². The van der Waals surface area contributed by atoms with Crippen LogP contribution in [0.15, 0.2) is 18.2 Å². The summed E-state index contributed by atoms with van der Waals surface area (Å²) in [5.74, 6) is 0.971. The minimum Gasteiger partial charge on any atom is -0.370 e. The topological polar surface area (TPSA) is 44.0 Å². The Balaban J connectivity index is 1.87. The first kappa shape index (κ1) is 12.5. The molecule has 4 heteroatoms. The van der Waals surface area contributed by atoms with Gasteiger partial charge in [0.05, 0.1) is 11.0 Å². The average molecular weight is 258 g/mol. The Labute approximate surface area is 114 Å². The molecule has 0 saturated carbocycles. The number of nitrogens with zero attached hydrogens (tertiary/aromatic N) is 2. The van der Waals surface area contributed by atoms with Gasteiger partial charge in [0.15, 0.2) is 0 Å². The molecule has 102 valence electrons. The number of hydrogen-bond donors (Lipinski definition) is 2. The van der Waals surface area contributed by atoms with Crippen molar-refractivity contribution < 1.29 is 0 Å². The van der Waals surface area contributed by atoms with E-state index in [1.807, 2.05) is 6.92 Å². The van der Waals surface area contributed by atoms with Gasteiger partial charge >= 0.3 is 0 Å². The highest BCUT2D eigenvalue weighted by Crippen LogP contribution is 2.27. The molecule has 0 radical (unpaired) electrons. The predicted octanol–water partition coefficient (Wildman–Crippen LogP) is 2.45. The quantitative estimate of drug-likeness (QED) is 0.869. The lowest BCUT2D eigenvalue weighted by Gasteiger charge is -2.27. The van der Waals surface area contributed by atoms with Crippen molar-refractivity contribution in [3.63, 3.8) is 0 Å². The summed E-state index contributed by atoms with van der Waals surface area (Å²) in [5.41, 5.74) is 3.65. The Kier molecular flexibility index (Phi) is 2.78. The lowest BCUT2D eigenvalue weighted by molar-refractivity contribution is 0.454. The largest absolute Gasteiger partial charge is 0.370 e. The van der Waals surface area contributed by atoms with E-state index >= 15 is 0 Å². The summed E-state index contributed by atoms with van der Waals surface area (Å²) in [5, 5.41) is 3.58. The number of aryl methyl sites for hydroxylation is 1. The number of H-pyrrole nitrogens is 1. The first-order valence-corrected chi connectivity index (χ1v) is 6.89. The zero-order valence-electron chi connectivity index (χ0n) is 12.1. The fourth-order valence-electron chi connectivity index (χ4n) is 2.96. The standard InChI is InChI=1S/C15H22N4/c1-10-17-13-6-5-11(7-14(13)18-10)19(4)12-8-15(2,3)16-9-12/h5-7,12,16H,8-9H2,1-4H3,(H,17,18). The number of nitrogens with one attached hydrogen (secondary N) is 2. The molecule has 1 aromatic heterocycles. The lowest BCUT2D eigenvalue weighted by Crippen LogP contribution is -2.33. The summed E-state index contributed by atoms with van der Waals surface area (Å²) in [6, 6.07) is 7.00. The number of imidazole rings is 1. The molecule has 0 bridgehead atoms. The zero-order valence-corrected chi connectivity index (χ0v) is 12.1. The molecule has 3 rings (SSSR count). The maximum Gasteiger partial charge on any atom is 0.104 e. The van der Waals surface area contributed by atoms with Crippen LogP contribution in [0.4, 0.5) is 5.69 Å². The summed E-state index contributed by atoms with van der Waals surface area (Å²) in [6.45, 7) is 7.57. The van der Waals surface area contributed by atoms with Gasteiger partial charge < -0.3 is 15.2 Å². The molecular weight excluding hydrogens is 236 g/mol. The van der Waals surface area contributed by atoms with Crippen molar-refractivity contribution in [3.05, 3.63) is 24.0 Å². The second kappa shape index (κ2) is 4.23. The van der Waals surface area contributed by atoms with Gasteiger partial charge in [0.1, 0.15) is 5.82 Å². The highest BCUT2D eigenvalue weighted by atomic mass is 15.2. The minimum atomic E-state index is 0.244. The molecular formula is C15H22N4. The van der Waals surface area contributed by atoms with Crippen molar-refractivity contribution in [1.82, 2.24) is 15.3 Å². The molecule has 2 heterocycles. The van der Waals surface area contributed by atoms with E-state index in [0.29, 0.717) is 6.04 Å². The third-order valence-electron chi connectivity index (χ3n) is 4.10. The fraction of sp³-hybridized carbons (Fsp3) is 0.533. The van der Waals surface area contributed by atoms with Gasteiger partial charge in [0.25, 0.3) is 0 Å². The van der Waals surface area contributed by atoms with Crippen LogP contribution in [0.3, 0.4) is 0 Å². The predicted molar refractivity (Wildman–Crippen MR) is 79.7 cm³/mol.